The minimum atomic E-state index is -0.948. The molecule has 0 aromatic rings. The first-order valence-electron chi connectivity index (χ1n) is 6.91. The van der Waals surface area contributed by atoms with Gasteiger partial charge in [-0.2, -0.15) is 0 Å². The van der Waals surface area contributed by atoms with Crippen LogP contribution < -0.4 is 5.73 Å². The van der Waals surface area contributed by atoms with Gasteiger partial charge in [0.1, 0.15) is 5.60 Å². The number of piperidine rings is 1. The number of nitrogens with zero attached hydrogens (tertiary/aromatic N) is 1. The van der Waals surface area contributed by atoms with Crippen LogP contribution in [0.4, 0.5) is 4.79 Å². The van der Waals surface area contributed by atoms with Gasteiger partial charge in [-0.15, -0.1) is 0 Å². The lowest BCUT2D eigenvalue weighted by atomic mass is 9.70. The molecule has 5 nitrogen and oxygen atoms in total. The second kappa shape index (κ2) is 5.29. The Labute approximate surface area is 116 Å². The summed E-state index contributed by atoms with van der Waals surface area (Å²) in [6, 6.07) is 0. The Morgan fingerprint density at radius 1 is 1.37 bits per heavy atom. The van der Waals surface area contributed by atoms with Crippen LogP contribution in [0.2, 0.25) is 0 Å². The maximum absolute atomic E-state index is 12.1. The van der Waals surface area contributed by atoms with Crippen molar-refractivity contribution in [3.05, 3.63) is 0 Å². The molecule has 0 spiro atoms. The van der Waals surface area contributed by atoms with Gasteiger partial charge < -0.3 is 20.5 Å². The second-order valence-electron chi connectivity index (χ2n) is 7.13. The number of rotatable bonds is 2. The second-order valence-corrected chi connectivity index (χ2v) is 7.13. The van der Waals surface area contributed by atoms with E-state index in [1.807, 2.05) is 34.6 Å². The number of carbonyl (C=O) groups is 1. The standard InChI is InChI=1S/C14H28N2O3/c1-12(2,3)19-11(17)16-8-6-7-14(18,10-16)13(4,5)9-15/h18H,6-10,15H2,1-5H3. The van der Waals surface area contributed by atoms with Crippen LogP contribution in [0.15, 0.2) is 0 Å². The maximum atomic E-state index is 12.1. The van der Waals surface area contributed by atoms with E-state index in [0.717, 1.165) is 6.42 Å². The summed E-state index contributed by atoms with van der Waals surface area (Å²) < 4.78 is 5.36. The first kappa shape index (κ1) is 16.2. The van der Waals surface area contributed by atoms with Gasteiger partial charge in [0, 0.05) is 18.5 Å². The Kier molecular flexibility index (Phi) is 4.52. The first-order valence-corrected chi connectivity index (χ1v) is 6.91. The van der Waals surface area contributed by atoms with Crippen molar-refractivity contribution in [1.82, 2.24) is 4.90 Å². The minimum absolute atomic E-state index is 0.284. The number of amides is 1. The molecule has 0 radical (unpaired) electrons. The van der Waals surface area contributed by atoms with E-state index >= 15 is 0 Å². The number of aliphatic hydroxyl groups is 1. The number of carbonyl (C=O) groups excluding carboxylic acids is 1. The van der Waals surface area contributed by atoms with Gasteiger partial charge in [-0.1, -0.05) is 13.8 Å². The average Bonchev–Trinajstić information content (AvgIpc) is 2.26. The quantitative estimate of drug-likeness (QED) is 0.802. The van der Waals surface area contributed by atoms with Gasteiger partial charge >= 0.3 is 6.09 Å². The molecule has 3 N–H and O–H groups in total. The monoisotopic (exact) mass is 272 g/mol. The zero-order valence-corrected chi connectivity index (χ0v) is 12.8. The summed E-state index contributed by atoms with van der Waals surface area (Å²) in [7, 11) is 0. The molecular formula is C14H28N2O3. The molecule has 1 saturated heterocycles. The first-order chi connectivity index (χ1) is 8.51. The molecule has 1 atom stereocenters. The zero-order chi connectivity index (χ0) is 14.9. The van der Waals surface area contributed by atoms with E-state index in [1.165, 1.54) is 0 Å². The van der Waals surface area contributed by atoms with Gasteiger partial charge in [0.15, 0.2) is 0 Å². The fourth-order valence-electron chi connectivity index (χ4n) is 2.26. The van der Waals surface area contributed by atoms with Crippen LogP contribution in [-0.2, 0) is 4.74 Å². The molecular weight excluding hydrogens is 244 g/mol. The average molecular weight is 272 g/mol. The smallest absolute Gasteiger partial charge is 0.410 e. The summed E-state index contributed by atoms with van der Waals surface area (Å²) in [4.78, 5) is 13.7. The summed E-state index contributed by atoms with van der Waals surface area (Å²) in [6.07, 6.45) is 1.06. The summed E-state index contributed by atoms with van der Waals surface area (Å²) in [5.74, 6) is 0. The van der Waals surface area contributed by atoms with Gasteiger partial charge in [-0.25, -0.2) is 4.79 Å². The molecule has 1 amide bonds. The van der Waals surface area contributed by atoms with Crippen molar-refractivity contribution in [2.45, 2.75) is 58.7 Å². The van der Waals surface area contributed by atoms with E-state index in [2.05, 4.69) is 0 Å². The van der Waals surface area contributed by atoms with Crippen molar-refractivity contribution in [3.63, 3.8) is 0 Å². The van der Waals surface area contributed by atoms with Crippen molar-refractivity contribution in [1.29, 1.82) is 0 Å². The molecule has 0 aromatic heterocycles. The predicted octanol–water partition coefficient (Wildman–Crippen LogP) is 1.73. The van der Waals surface area contributed by atoms with Gasteiger partial charge in [-0.3, -0.25) is 0 Å². The van der Waals surface area contributed by atoms with Crippen molar-refractivity contribution in [2.24, 2.45) is 11.1 Å². The van der Waals surface area contributed by atoms with Crippen molar-refractivity contribution in [2.75, 3.05) is 19.6 Å². The Morgan fingerprint density at radius 2 is 1.95 bits per heavy atom. The van der Waals surface area contributed by atoms with Gasteiger partial charge in [0.05, 0.1) is 12.1 Å². The Balaban J connectivity index is 2.77. The van der Waals surface area contributed by atoms with Crippen molar-refractivity contribution in [3.8, 4) is 0 Å². The highest BCUT2D eigenvalue weighted by molar-refractivity contribution is 5.68. The minimum Gasteiger partial charge on any atom is -0.444 e. The van der Waals surface area contributed by atoms with Gasteiger partial charge in [-0.05, 0) is 33.6 Å². The number of likely N-dealkylation sites (tertiary alicyclic amines) is 1. The molecule has 0 aromatic carbocycles. The SMILES string of the molecule is CC(C)(C)OC(=O)N1CCCC(O)(C(C)(C)CN)C1. The molecule has 0 saturated carbocycles. The van der Waals surface area contributed by atoms with Crippen LogP contribution in [0.1, 0.15) is 47.5 Å². The number of ether oxygens (including phenoxy) is 1. The van der Waals surface area contributed by atoms with Crippen LogP contribution >= 0.6 is 0 Å². The Bertz CT molecular complexity index is 336. The lowest BCUT2D eigenvalue weighted by molar-refractivity contribution is -0.108. The highest BCUT2D eigenvalue weighted by Crippen LogP contribution is 2.37. The molecule has 19 heavy (non-hydrogen) atoms. The maximum Gasteiger partial charge on any atom is 0.410 e. The molecule has 1 fully saturated rings. The summed E-state index contributed by atoms with van der Waals surface area (Å²) in [5.41, 5.74) is 3.86. The lowest BCUT2D eigenvalue weighted by Crippen LogP contribution is -2.60. The van der Waals surface area contributed by atoms with E-state index in [1.54, 1.807) is 4.90 Å². The summed E-state index contributed by atoms with van der Waals surface area (Å²) in [6.45, 7) is 10.7. The molecule has 5 heteroatoms. The zero-order valence-electron chi connectivity index (χ0n) is 12.8. The molecule has 1 heterocycles. The number of nitrogens with two attached hydrogens (primary N) is 1. The third kappa shape index (κ3) is 3.83. The molecule has 112 valence electrons. The van der Waals surface area contributed by atoms with Gasteiger partial charge in [0.2, 0.25) is 0 Å². The molecule has 1 aliphatic rings. The number of hydrogen-bond donors (Lipinski definition) is 2. The fraction of sp³-hybridized carbons (Fsp3) is 0.929. The molecule has 0 aliphatic carbocycles. The molecule has 1 rings (SSSR count). The predicted molar refractivity (Wildman–Crippen MR) is 74.8 cm³/mol. The van der Waals surface area contributed by atoms with E-state index < -0.39 is 16.6 Å². The molecule has 1 aliphatic heterocycles. The third-order valence-corrected chi connectivity index (χ3v) is 3.89. The van der Waals surface area contributed by atoms with Crippen molar-refractivity contribution >= 4 is 6.09 Å². The van der Waals surface area contributed by atoms with E-state index in [-0.39, 0.29) is 12.6 Å². The van der Waals surface area contributed by atoms with E-state index in [9.17, 15) is 9.90 Å². The largest absolute Gasteiger partial charge is 0.444 e. The summed E-state index contributed by atoms with van der Waals surface area (Å²) in [5, 5.41) is 10.8. The Morgan fingerprint density at radius 3 is 2.42 bits per heavy atom. The van der Waals surface area contributed by atoms with E-state index in [4.69, 9.17) is 10.5 Å². The molecule has 0 bridgehead atoms. The van der Waals surface area contributed by atoms with Crippen LogP contribution in [0.5, 0.6) is 0 Å². The van der Waals surface area contributed by atoms with Crippen LogP contribution in [-0.4, -0.2) is 46.9 Å². The number of β-amino-alcohol motifs (C(OH)–C–C–N with tert-alkyl or cyclic N) is 1. The van der Waals surface area contributed by atoms with E-state index in [0.29, 0.717) is 19.5 Å². The summed E-state index contributed by atoms with van der Waals surface area (Å²) >= 11 is 0. The van der Waals surface area contributed by atoms with Gasteiger partial charge in [0.25, 0.3) is 0 Å². The highest BCUT2D eigenvalue weighted by atomic mass is 16.6. The highest BCUT2D eigenvalue weighted by Gasteiger charge is 2.46. The molecule has 1 unspecified atom stereocenters. The van der Waals surface area contributed by atoms with Crippen molar-refractivity contribution < 1.29 is 14.6 Å². The van der Waals surface area contributed by atoms with Crippen LogP contribution in [0, 0.1) is 5.41 Å². The van der Waals surface area contributed by atoms with Crippen LogP contribution in [0.3, 0.4) is 0 Å². The van der Waals surface area contributed by atoms with Crippen LogP contribution in [0.25, 0.3) is 0 Å². The topological polar surface area (TPSA) is 75.8 Å². The Hall–Kier alpha value is -0.810. The lowest BCUT2D eigenvalue weighted by Gasteiger charge is -2.48. The normalized spacial score (nSPS) is 25.3. The third-order valence-electron chi connectivity index (χ3n) is 3.89. The number of hydrogen-bond acceptors (Lipinski definition) is 4. The fourth-order valence-corrected chi connectivity index (χ4v) is 2.26.